The standard InChI is InChI=1S/C16H10N6OS/c23-13-6-8(5-11-14(13)21-22-20-11)16-19-12(7-24-16)15-17-9-3-1-2-4-10(9)18-15/h1-7,23H,(H,17,18)(H,20,21,22). The molecule has 0 fully saturated rings. The van der Waals surface area contributed by atoms with Gasteiger partial charge in [0.15, 0.2) is 11.3 Å². The van der Waals surface area contributed by atoms with E-state index < -0.39 is 0 Å². The van der Waals surface area contributed by atoms with Gasteiger partial charge in [0.25, 0.3) is 0 Å². The summed E-state index contributed by atoms with van der Waals surface area (Å²) in [5.41, 5.74) is 4.58. The highest BCUT2D eigenvalue weighted by Crippen LogP contribution is 2.33. The number of thiazole rings is 1. The Labute approximate surface area is 139 Å². The number of phenols is 1. The number of phenolic OH excluding ortho intramolecular Hbond substituents is 1. The van der Waals surface area contributed by atoms with E-state index in [1.54, 1.807) is 6.07 Å². The van der Waals surface area contributed by atoms with Gasteiger partial charge in [-0.3, -0.25) is 5.10 Å². The topological polar surface area (TPSA) is 103 Å². The molecule has 8 heteroatoms. The molecule has 5 rings (SSSR count). The van der Waals surface area contributed by atoms with Crippen molar-refractivity contribution in [3.8, 4) is 27.8 Å². The molecule has 0 bridgehead atoms. The Balaban J connectivity index is 1.60. The van der Waals surface area contributed by atoms with Gasteiger partial charge in [-0.25, -0.2) is 9.97 Å². The number of rotatable bonds is 2. The minimum Gasteiger partial charge on any atom is -0.506 e. The molecule has 0 atom stereocenters. The quantitative estimate of drug-likeness (QED) is 0.459. The molecule has 0 aliphatic heterocycles. The molecule has 3 N–H and O–H groups in total. The summed E-state index contributed by atoms with van der Waals surface area (Å²) >= 11 is 1.49. The van der Waals surface area contributed by atoms with E-state index >= 15 is 0 Å². The molecule has 116 valence electrons. The van der Waals surface area contributed by atoms with Gasteiger partial charge in [-0.1, -0.05) is 17.3 Å². The summed E-state index contributed by atoms with van der Waals surface area (Å²) < 4.78 is 0. The molecule has 3 aromatic heterocycles. The van der Waals surface area contributed by atoms with Crippen molar-refractivity contribution in [2.24, 2.45) is 0 Å². The van der Waals surface area contributed by atoms with E-state index in [9.17, 15) is 5.11 Å². The molecule has 0 saturated heterocycles. The maximum atomic E-state index is 10.1. The number of aromatic amines is 2. The van der Waals surface area contributed by atoms with Crippen molar-refractivity contribution in [2.45, 2.75) is 0 Å². The second-order valence-electron chi connectivity index (χ2n) is 5.34. The Morgan fingerprint density at radius 3 is 2.88 bits per heavy atom. The molecule has 24 heavy (non-hydrogen) atoms. The molecular formula is C16H10N6OS. The lowest BCUT2D eigenvalue weighted by Crippen LogP contribution is -1.82. The van der Waals surface area contributed by atoms with Gasteiger partial charge in [0, 0.05) is 10.9 Å². The normalized spacial score (nSPS) is 11.5. The second kappa shape index (κ2) is 4.87. The molecule has 0 saturated carbocycles. The number of hydrogen-bond donors (Lipinski definition) is 3. The monoisotopic (exact) mass is 334 g/mol. The van der Waals surface area contributed by atoms with Gasteiger partial charge in [0.05, 0.1) is 16.6 Å². The molecule has 3 heterocycles. The van der Waals surface area contributed by atoms with Gasteiger partial charge in [0.1, 0.15) is 16.5 Å². The summed E-state index contributed by atoms with van der Waals surface area (Å²) in [6.07, 6.45) is 0. The zero-order valence-electron chi connectivity index (χ0n) is 12.2. The number of para-hydroxylation sites is 2. The first-order valence-electron chi connectivity index (χ1n) is 7.23. The predicted octanol–water partition coefficient (Wildman–Crippen LogP) is 3.33. The van der Waals surface area contributed by atoms with Crippen LogP contribution in [0.1, 0.15) is 0 Å². The van der Waals surface area contributed by atoms with Crippen LogP contribution in [0.4, 0.5) is 0 Å². The minimum absolute atomic E-state index is 0.0803. The van der Waals surface area contributed by atoms with Crippen molar-refractivity contribution in [3.05, 3.63) is 41.8 Å². The first-order valence-corrected chi connectivity index (χ1v) is 8.11. The smallest absolute Gasteiger partial charge is 0.158 e. The number of hydrogen-bond acceptors (Lipinski definition) is 6. The third-order valence-corrected chi connectivity index (χ3v) is 4.68. The van der Waals surface area contributed by atoms with Crippen LogP contribution < -0.4 is 0 Å². The van der Waals surface area contributed by atoms with E-state index in [1.165, 1.54) is 11.3 Å². The zero-order valence-corrected chi connectivity index (χ0v) is 13.0. The minimum atomic E-state index is 0.0803. The van der Waals surface area contributed by atoms with Gasteiger partial charge < -0.3 is 10.1 Å². The van der Waals surface area contributed by atoms with E-state index in [1.807, 2.05) is 35.7 Å². The first-order chi connectivity index (χ1) is 11.8. The summed E-state index contributed by atoms with van der Waals surface area (Å²) in [5, 5.41) is 23.1. The van der Waals surface area contributed by atoms with Gasteiger partial charge in [-0.2, -0.15) is 0 Å². The molecule has 0 aliphatic carbocycles. The molecule has 7 nitrogen and oxygen atoms in total. The number of nitrogens with one attached hydrogen (secondary N) is 2. The fourth-order valence-electron chi connectivity index (χ4n) is 2.65. The van der Waals surface area contributed by atoms with Crippen molar-refractivity contribution in [1.29, 1.82) is 0 Å². The van der Waals surface area contributed by atoms with Crippen LogP contribution in [0.25, 0.3) is 44.2 Å². The Morgan fingerprint density at radius 2 is 1.96 bits per heavy atom. The number of aromatic nitrogens is 6. The summed E-state index contributed by atoms with van der Waals surface area (Å²) in [4.78, 5) is 12.5. The van der Waals surface area contributed by atoms with Crippen molar-refractivity contribution in [2.75, 3.05) is 0 Å². The number of nitrogens with zero attached hydrogens (tertiary/aromatic N) is 4. The van der Waals surface area contributed by atoms with Crippen LogP contribution in [0.2, 0.25) is 0 Å². The summed E-state index contributed by atoms with van der Waals surface area (Å²) in [5.74, 6) is 0.809. The summed E-state index contributed by atoms with van der Waals surface area (Å²) in [6.45, 7) is 0. The van der Waals surface area contributed by atoms with Gasteiger partial charge in [-0.05, 0) is 24.3 Å². The van der Waals surface area contributed by atoms with Crippen molar-refractivity contribution < 1.29 is 5.11 Å². The zero-order chi connectivity index (χ0) is 16.1. The number of imidazole rings is 1. The van der Waals surface area contributed by atoms with Crippen LogP contribution in [0, 0.1) is 0 Å². The average molecular weight is 334 g/mol. The molecule has 5 aromatic rings. The third-order valence-electron chi connectivity index (χ3n) is 3.79. The highest BCUT2D eigenvalue weighted by Gasteiger charge is 2.13. The second-order valence-corrected chi connectivity index (χ2v) is 6.20. The average Bonchev–Trinajstić information content (AvgIpc) is 3.32. The Kier molecular flexibility index (Phi) is 2.68. The van der Waals surface area contributed by atoms with Crippen LogP contribution in [0.15, 0.2) is 41.8 Å². The van der Waals surface area contributed by atoms with Crippen LogP contribution in [-0.4, -0.2) is 35.5 Å². The van der Waals surface area contributed by atoms with Crippen LogP contribution in [0.3, 0.4) is 0 Å². The number of aromatic hydroxyl groups is 1. The van der Waals surface area contributed by atoms with E-state index in [0.29, 0.717) is 11.0 Å². The van der Waals surface area contributed by atoms with Crippen molar-refractivity contribution in [3.63, 3.8) is 0 Å². The molecule has 0 aliphatic rings. The Bertz CT molecular complexity index is 1150. The summed E-state index contributed by atoms with van der Waals surface area (Å²) in [7, 11) is 0. The largest absolute Gasteiger partial charge is 0.506 e. The lowest BCUT2D eigenvalue weighted by molar-refractivity contribution is 0.480. The van der Waals surface area contributed by atoms with E-state index in [-0.39, 0.29) is 5.75 Å². The summed E-state index contributed by atoms with van der Waals surface area (Å²) in [6, 6.07) is 11.4. The van der Waals surface area contributed by atoms with Gasteiger partial charge >= 0.3 is 0 Å². The van der Waals surface area contributed by atoms with E-state index in [4.69, 9.17) is 0 Å². The maximum Gasteiger partial charge on any atom is 0.158 e. The number of benzene rings is 2. The van der Waals surface area contributed by atoms with Crippen molar-refractivity contribution in [1.82, 2.24) is 30.4 Å². The molecular weight excluding hydrogens is 324 g/mol. The fraction of sp³-hybridized carbons (Fsp3) is 0. The SMILES string of the molecule is Oc1cc(-c2nc(-c3nc4ccccc4[nH]3)cs2)cc2[nH]nnc12. The van der Waals surface area contributed by atoms with Crippen LogP contribution in [-0.2, 0) is 0 Å². The lowest BCUT2D eigenvalue weighted by Gasteiger charge is -1.98. The molecule has 0 spiro atoms. The van der Waals surface area contributed by atoms with Crippen LogP contribution in [0.5, 0.6) is 5.75 Å². The highest BCUT2D eigenvalue weighted by atomic mass is 32.1. The Hall–Kier alpha value is -3.26. The molecule has 0 unspecified atom stereocenters. The van der Waals surface area contributed by atoms with Crippen molar-refractivity contribution >= 4 is 33.4 Å². The first kappa shape index (κ1) is 13.2. The number of fused-ring (bicyclic) bond motifs is 2. The fourth-order valence-corrected chi connectivity index (χ4v) is 3.44. The third kappa shape index (κ3) is 1.97. The highest BCUT2D eigenvalue weighted by molar-refractivity contribution is 7.13. The van der Waals surface area contributed by atoms with E-state index in [0.717, 1.165) is 33.1 Å². The van der Waals surface area contributed by atoms with Gasteiger partial charge in [0.2, 0.25) is 0 Å². The molecule has 0 amide bonds. The molecule has 2 aromatic carbocycles. The predicted molar refractivity (Wildman–Crippen MR) is 91.7 cm³/mol. The maximum absolute atomic E-state index is 10.1. The molecule has 0 radical (unpaired) electrons. The van der Waals surface area contributed by atoms with Gasteiger partial charge in [-0.15, -0.1) is 16.4 Å². The number of H-pyrrole nitrogens is 2. The van der Waals surface area contributed by atoms with E-state index in [2.05, 4.69) is 30.4 Å². The lowest BCUT2D eigenvalue weighted by atomic mass is 10.2. The van der Waals surface area contributed by atoms with Crippen LogP contribution >= 0.6 is 11.3 Å². The Morgan fingerprint density at radius 1 is 1.04 bits per heavy atom.